The van der Waals surface area contributed by atoms with E-state index < -0.39 is 34.6 Å². The van der Waals surface area contributed by atoms with E-state index >= 15 is 22.0 Å². The van der Waals surface area contributed by atoms with Crippen molar-refractivity contribution in [2.45, 2.75) is 6.18 Å². The van der Waals surface area contributed by atoms with Crippen LogP contribution in [0.2, 0.25) is 0 Å². The SMILES string of the molecule is Fc1cccc(F)c1-c1ccc(-n2c3ccccc3c3ccc4c(c5ccccc5n4-c4ccccc4)c32)c(C(F)(F)F)c1-n1c2ccccc2c2ccc3c(c4ccccc4n3-c3ccccc3)c21. The zero-order valence-corrected chi connectivity index (χ0v) is 36.9. The largest absolute Gasteiger partial charge is 0.420 e. The Labute approximate surface area is 395 Å². The van der Waals surface area contributed by atoms with Gasteiger partial charge in [0.05, 0.1) is 61.1 Å². The second-order valence-electron chi connectivity index (χ2n) is 17.7. The van der Waals surface area contributed by atoms with Crippen LogP contribution in [0.25, 0.3) is 121 Å². The molecule has 0 N–H and O–H groups in total. The van der Waals surface area contributed by atoms with Crippen LogP contribution in [0.5, 0.6) is 0 Å². The number of fused-ring (bicyclic) bond motifs is 14. The highest BCUT2D eigenvalue weighted by molar-refractivity contribution is 6.28. The molecule has 334 valence electrons. The molecule has 9 heteroatoms. The molecule has 0 atom stereocenters. The van der Waals surface area contributed by atoms with Crippen LogP contribution in [0.4, 0.5) is 22.0 Å². The topological polar surface area (TPSA) is 19.7 Å². The van der Waals surface area contributed by atoms with E-state index in [2.05, 4.69) is 9.13 Å². The molecule has 70 heavy (non-hydrogen) atoms. The van der Waals surface area contributed by atoms with Gasteiger partial charge in [0.25, 0.3) is 0 Å². The maximum atomic E-state index is 17.4. The predicted molar refractivity (Wildman–Crippen MR) is 274 cm³/mol. The molecule has 0 bridgehead atoms. The van der Waals surface area contributed by atoms with Crippen LogP contribution in [0.15, 0.2) is 212 Å². The van der Waals surface area contributed by atoms with Crippen LogP contribution < -0.4 is 0 Å². The van der Waals surface area contributed by atoms with Gasteiger partial charge in [-0.05, 0) is 84.9 Å². The number of alkyl halides is 3. The molecule has 0 unspecified atom stereocenters. The quantitative estimate of drug-likeness (QED) is 0.153. The van der Waals surface area contributed by atoms with Crippen molar-refractivity contribution in [2.75, 3.05) is 0 Å². The highest BCUT2D eigenvalue weighted by Gasteiger charge is 2.41. The lowest BCUT2D eigenvalue weighted by Crippen LogP contribution is -2.17. The molecule has 10 aromatic carbocycles. The summed E-state index contributed by atoms with van der Waals surface area (Å²) in [5.41, 5.74) is 4.65. The molecule has 0 saturated heterocycles. The zero-order chi connectivity index (χ0) is 47.0. The molecule has 0 saturated carbocycles. The van der Waals surface area contributed by atoms with Gasteiger partial charge in [-0.2, -0.15) is 13.2 Å². The molecular weight excluding hydrogens is 884 g/mol. The average molecular weight is 919 g/mol. The number of para-hydroxylation sites is 6. The maximum Gasteiger partial charge on any atom is 0.420 e. The predicted octanol–water partition coefficient (Wildman–Crippen LogP) is 17.0. The molecule has 4 heterocycles. The first kappa shape index (κ1) is 40.1. The highest BCUT2D eigenvalue weighted by atomic mass is 19.4. The first-order valence-corrected chi connectivity index (χ1v) is 23.0. The Hall–Kier alpha value is -8.95. The number of halogens is 5. The van der Waals surface area contributed by atoms with Gasteiger partial charge < -0.3 is 18.3 Å². The van der Waals surface area contributed by atoms with Crippen LogP contribution in [-0.2, 0) is 6.18 Å². The van der Waals surface area contributed by atoms with Gasteiger partial charge in [0.2, 0.25) is 0 Å². The minimum absolute atomic E-state index is 0.192. The molecule has 4 aromatic heterocycles. The van der Waals surface area contributed by atoms with Gasteiger partial charge in [-0.25, -0.2) is 8.78 Å². The second-order valence-corrected chi connectivity index (χ2v) is 17.7. The summed E-state index contributed by atoms with van der Waals surface area (Å²) in [5, 5.41) is 5.99. The summed E-state index contributed by atoms with van der Waals surface area (Å²) in [7, 11) is 0. The Morgan fingerprint density at radius 3 is 1.21 bits per heavy atom. The highest BCUT2D eigenvalue weighted by Crippen LogP contribution is 2.51. The molecule has 0 spiro atoms. The summed E-state index contributed by atoms with van der Waals surface area (Å²) >= 11 is 0. The van der Waals surface area contributed by atoms with Gasteiger partial charge in [0.1, 0.15) is 17.2 Å². The van der Waals surface area contributed by atoms with Gasteiger partial charge in [-0.1, -0.05) is 127 Å². The normalized spacial score (nSPS) is 12.4. The lowest BCUT2D eigenvalue weighted by atomic mass is 9.96. The number of aromatic nitrogens is 4. The van der Waals surface area contributed by atoms with E-state index in [1.54, 1.807) is 21.3 Å². The average Bonchev–Trinajstić information content (AvgIpc) is 4.11. The Bertz CT molecular complexity index is 4460. The van der Waals surface area contributed by atoms with Crippen molar-refractivity contribution in [3.8, 4) is 33.9 Å². The van der Waals surface area contributed by atoms with Crippen molar-refractivity contribution in [3.63, 3.8) is 0 Å². The fraction of sp³-hybridized carbons (Fsp3) is 0.0164. The fourth-order valence-electron chi connectivity index (χ4n) is 11.4. The molecule has 0 radical (unpaired) electrons. The Morgan fingerprint density at radius 1 is 0.314 bits per heavy atom. The summed E-state index contributed by atoms with van der Waals surface area (Å²) in [5.74, 6) is -1.97. The first-order chi connectivity index (χ1) is 34.3. The number of hydrogen-bond acceptors (Lipinski definition) is 0. The monoisotopic (exact) mass is 918 g/mol. The summed E-state index contributed by atoms with van der Waals surface area (Å²) in [6, 6.07) is 64.5. The smallest absolute Gasteiger partial charge is 0.309 e. The van der Waals surface area contributed by atoms with Crippen molar-refractivity contribution in [2.24, 2.45) is 0 Å². The minimum atomic E-state index is -5.10. The number of hydrogen-bond donors (Lipinski definition) is 0. The number of benzene rings is 10. The van der Waals surface area contributed by atoms with Gasteiger partial charge in [-0.3, -0.25) is 0 Å². The molecule has 0 fully saturated rings. The summed E-state index contributed by atoms with van der Waals surface area (Å²) < 4.78 is 92.8. The third-order valence-electron chi connectivity index (χ3n) is 14.1. The van der Waals surface area contributed by atoms with E-state index in [4.69, 9.17) is 0 Å². The van der Waals surface area contributed by atoms with E-state index in [0.717, 1.165) is 72.5 Å². The first-order valence-electron chi connectivity index (χ1n) is 23.0. The van der Waals surface area contributed by atoms with Gasteiger partial charge in [-0.15, -0.1) is 0 Å². The third kappa shape index (κ3) is 5.51. The van der Waals surface area contributed by atoms with Crippen molar-refractivity contribution >= 4 is 87.2 Å². The third-order valence-corrected chi connectivity index (χ3v) is 14.1. The molecule has 4 nitrogen and oxygen atoms in total. The Morgan fingerprint density at radius 2 is 0.729 bits per heavy atom. The van der Waals surface area contributed by atoms with E-state index in [-0.39, 0.29) is 11.3 Å². The van der Waals surface area contributed by atoms with Crippen LogP contribution in [-0.4, -0.2) is 18.3 Å². The lowest BCUT2D eigenvalue weighted by molar-refractivity contribution is -0.137. The maximum absolute atomic E-state index is 17.4. The summed E-state index contributed by atoms with van der Waals surface area (Å²) in [6.07, 6.45) is -5.10. The van der Waals surface area contributed by atoms with E-state index in [1.807, 2.05) is 170 Å². The van der Waals surface area contributed by atoms with Crippen molar-refractivity contribution in [1.82, 2.24) is 18.3 Å². The molecule has 0 aliphatic rings. The van der Waals surface area contributed by atoms with Crippen LogP contribution in [0.1, 0.15) is 5.56 Å². The van der Waals surface area contributed by atoms with Crippen LogP contribution in [0.3, 0.4) is 0 Å². The Balaban J connectivity index is 1.22. The van der Waals surface area contributed by atoms with E-state index in [1.165, 1.54) is 18.2 Å². The van der Waals surface area contributed by atoms with Gasteiger partial charge >= 0.3 is 6.18 Å². The fourth-order valence-corrected chi connectivity index (χ4v) is 11.4. The number of nitrogens with zero attached hydrogens (tertiary/aromatic N) is 4. The van der Waals surface area contributed by atoms with Gasteiger partial charge in [0, 0.05) is 60.0 Å². The van der Waals surface area contributed by atoms with Crippen molar-refractivity contribution in [3.05, 3.63) is 230 Å². The molecular formula is C61H35F5N4. The van der Waals surface area contributed by atoms with Crippen molar-refractivity contribution in [1.29, 1.82) is 0 Å². The molecule has 0 amide bonds. The number of rotatable bonds is 5. The molecule has 0 aliphatic heterocycles. The minimum Gasteiger partial charge on any atom is -0.309 e. The summed E-state index contributed by atoms with van der Waals surface area (Å²) in [6.45, 7) is 0. The van der Waals surface area contributed by atoms with Crippen LogP contribution in [0, 0.1) is 11.6 Å². The van der Waals surface area contributed by atoms with Crippen LogP contribution >= 0.6 is 0 Å². The summed E-state index contributed by atoms with van der Waals surface area (Å²) in [4.78, 5) is 0. The Kier molecular flexibility index (Phi) is 8.47. The lowest BCUT2D eigenvalue weighted by Gasteiger charge is -2.25. The zero-order valence-electron chi connectivity index (χ0n) is 36.9. The molecule has 14 rings (SSSR count). The second kappa shape index (κ2) is 14.8. The van der Waals surface area contributed by atoms with E-state index in [0.29, 0.717) is 38.2 Å². The molecule has 14 aromatic rings. The molecule has 0 aliphatic carbocycles. The van der Waals surface area contributed by atoms with Crippen molar-refractivity contribution < 1.29 is 22.0 Å². The van der Waals surface area contributed by atoms with Gasteiger partial charge in [0.15, 0.2) is 0 Å². The standard InChI is InChI=1S/C61H35F5N4/c62-45-24-15-25-46(63)54(45)44-32-35-53(69-47-26-11-7-20-38(47)40-30-33-51-55(58(40)69)42-22-9-13-28-49(42)67(51)36-16-3-1-4-17-36)57(61(64,65)66)60(44)70-48-27-12-8-21-39(48)41-31-34-52-56(59(41)70)43-23-10-14-29-50(43)68(52)37-18-5-2-6-19-37/h1-35H. The van der Waals surface area contributed by atoms with E-state index in [9.17, 15) is 0 Å².